The number of anilines is 2. The second-order valence-corrected chi connectivity index (χ2v) is 12.0. The molecule has 1 aliphatic carbocycles. The number of alkyl halides is 4. The van der Waals surface area contributed by atoms with E-state index in [1.165, 1.54) is 17.7 Å². The number of benzene rings is 2. The lowest BCUT2D eigenvalue weighted by atomic mass is 9.79. The predicted octanol–water partition coefficient (Wildman–Crippen LogP) is 5.82. The van der Waals surface area contributed by atoms with Crippen LogP contribution in [0.1, 0.15) is 48.7 Å². The quantitative estimate of drug-likeness (QED) is 0.191. The maximum Gasteiger partial charge on any atom is 0.406 e. The van der Waals surface area contributed by atoms with Crippen LogP contribution in [-0.4, -0.2) is 86.3 Å². The molecule has 0 radical (unpaired) electrons. The second kappa shape index (κ2) is 14.6. The van der Waals surface area contributed by atoms with Crippen LogP contribution < -0.4 is 20.7 Å². The Morgan fingerprint density at radius 2 is 1.87 bits per heavy atom. The van der Waals surface area contributed by atoms with Gasteiger partial charge in [-0.25, -0.2) is 4.39 Å². The summed E-state index contributed by atoms with van der Waals surface area (Å²) in [7, 11) is 1.50. The standard InChI is InChI=1S/C34H41F4N5O3/c1-33(42-16-19-45-20-17-42)12-10-25(11-13-33)41-28-6-3-7-30-27(28)22-26(43(30)23-34(36,37)38)5-4-15-40-29-9-8-24(32(44)39-2)21-31(29)46-18-14-35/h3,6-9,21-22,25,40-41H,10-20,23H2,1-2H3,(H,39,44). The summed E-state index contributed by atoms with van der Waals surface area (Å²) in [6.07, 6.45) is -0.435. The topological polar surface area (TPSA) is 79.8 Å². The molecule has 1 amide bonds. The number of carbonyl (C=O) groups excluding carboxylic acids is 1. The van der Waals surface area contributed by atoms with E-state index in [9.17, 15) is 22.4 Å². The van der Waals surface area contributed by atoms with Gasteiger partial charge in [0.1, 0.15) is 25.6 Å². The molecule has 2 aliphatic rings. The first-order chi connectivity index (χ1) is 22.1. The summed E-state index contributed by atoms with van der Waals surface area (Å²) < 4.78 is 66.2. The molecule has 2 heterocycles. The first-order valence-corrected chi connectivity index (χ1v) is 15.7. The molecule has 1 aliphatic heterocycles. The van der Waals surface area contributed by atoms with E-state index >= 15 is 0 Å². The van der Waals surface area contributed by atoms with Gasteiger partial charge < -0.3 is 30.0 Å². The highest BCUT2D eigenvalue weighted by Gasteiger charge is 2.37. The molecule has 0 unspecified atom stereocenters. The van der Waals surface area contributed by atoms with Crippen molar-refractivity contribution in [1.29, 1.82) is 0 Å². The van der Waals surface area contributed by atoms with Crippen molar-refractivity contribution in [2.45, 2.75) is 56.9 Å². The van der Waals surface area contributed by atoms with Crippen LogP contribution in [0.4, 0.5) is 28.9 Å². The molecule has 3 N–H and O–H groups in total. The Labute approximate surface area is 266 Å². The first kappa shape index (κ1) is 33.4. The number of rotatable bonds is 10. The van der Waals surface area contributed by atoms with Crippen molar-refractivity contribution >= 4 is 28.2 Å². The summed E-state index contributed by atoms with van der Waals surface area (Å²) in [5.41, 5.74) is 2.46. The Morgan fingerprint density at radius 3 is 2.57 bits per heavy atom. The van der Waals surface area contributed by atoms with Crippen LogP contribution in [0, 0.1) is 11.8 Å². The summed E-state index contributed by atoms with van der Waals surface area (Å²) in [5.74, 6) is 5.79. The zero-order chi connectivity index (χ0) is 32.7. The number of amides is 1. The molecule has 2 aromatic carbocycles. The Kier molecular flexibility index (Phi) is 10.6. The summed E-state index contributed by atoms with van der Waals surface area (Å²) >= 11 is 0. The highest BCUT2D eigenvalue weighted by Crippen LogP contribution is 2.37. The molecule has 46 heavy (non-hydrogen) atoms. The number of nitrogens with zero attached hydrogens (tertiary/aromatic N) is 2. The summed E-state index contributed by atoms with van der Waals surface area (Å²) in [4.78, 5) is 14.5. The van der Waals surface area contributed by atoms with Gasteiger partial charge in [-0.05, 0) is 74.9 Å². The van der Waals surface area contributed by atoms with Crippen LogP contribution in [0.25, 0.3) is 10.9 Å². The summed E-state index contributed by atoms with van der Waals surface area (Å²) in [6.45, 7) is 3.74. The van der Waals surface area contributed by atoms with E-state index in [0.717, 1.165) is 57.7 Å². The zero-order valence-corrected chi connectivity index (χ0v) is 26.2. The Morgan fingerprint density at radius 1 is 1.11 bits per heavy atom. The molecule has 1 saturated heterocycles. The van der Waals surface area contributed by atoms with Gasteiger partial charge >= 0.3 is 6.18 Å². The van der Waals surface area contributed by atoms with Gasteiger partial charge in [-0.2, -0.15) is 13.2 Å². The lowest BCUT2D eigenvalue weighted by Gasteiger charge is -2.47. The van der Waals surface area contributed by atoms with Crippen molar-refractivity contribution < 1.29 is 31.8 Å². The number of hydrogen-bond donors (Lipinski definition) is 3. The van der Waals surface area contributed by atoms with Crippen molar-refractivity contribution in [2.75, 3.05) is 63.8 Å². The first-order valence-electron chi connectivity index (χ1n) is 15.7. The largest absolute Gasteiger partial charge is 0.489 e. The molecule has 2 fully saturated rings. The highest BCUT2D eigenvalue weighted by atomic mass is 19.4. The molecule has 0 atom stereocenters. The predicted molar refractivity (Wildman–Crippen MR) is 171 cm³/mol. The van der Waals surface area contributed by atoms with E-state index in [1.807, 2.05) is 6.07 Å². The molecule has 5 rings (SSSR count). The molecular weight excluding hydrogens is 602 g/mol. The van der Waals surface area contributed by atoms with Gasteiger partial charge in [-0.3, -0.25) is 9.69 Å². The monoisotopic (exact) mass is 643 g/mol. The van der Waals surface area contributed by atoms with Crippen LogP contribution in [0.3, 0.4) is 0 Å². The molecule has 12 heteroatoms. The number of morpholine rings is 1. The average molecular weight is 644 g/mol. The van der Waals surface area contributed by atoms with Gasteiger partial charge in [0.25, 0.3) is 5.91 Å². The lowest BCUT2D eigenvalue weighted by Crippen LogP contribution is -2.54. The molecule has 1 saturated carbocycles. The van der Waals surface area contributed by atoms with E-state index < -0.39 is 19.4 Å². The van der Waals surface area contributed by atoms with E-state index in [-0.39, 0.29) is 42.1 Å². The fourth-order valence-electron chi connectivity index (χ4n) is 6.38. The van der Waals surface area contributed by atoms with Crippen molar-refractivity contribution in [3.05, 3.63) is 53.7 Å². The molecule has 3 aromatic rings. The fourth-order valence-corrected chi connectivity index (χ4v) is 6.38. The van der Waals surface area contributed by atoms with Crippen LogP contribution >= 0.6 is 0 Å². The number of fused-ring (bicyclic) bond motifs is 1. The Balaban J connectivity index is 1.33. The third kappa shape index (κ3) is 8.06. The molecule has 1 aromatic heterocycles. The third-order valence-corrected chi connectivity index (χ3v) is 8.87. The van der Waals surface area contributed by atoms with Crippen LogP contribution in [0.5, 0.6) is 5.75 Å². The van der Waals surface area contributed by atoms with Gasteiger partial charge in [0.15, 0.2) is 0 Å². The van der Waals surface area contributed by atoms with Crippen molar-refractivity contribution in [2.24, 2.45) is 0 Å². The van der Waals surface area contributed by atoms with Crippen molar-refractivity contribution in [1.82, 2.24) is 14.8 Å². The SMILES string of the molecule is CNC(=O)c1ccc(NCC#Cc2cc3c(NC4CCC(C)(N5CCOCC5)CC4)cccc3n2CC(F)(F)F)c(OCCF)c1. The number of carbonyl (C=O) groups is 1. The van der Waals surface area contributed by atoms with E-state index in [4.69, 9.17) is 9.47 Å². The zero-order valence-electron chi connectivity index (χ0n) is 26.2. The van der Waals surface area contributed by atoms with Gasteiger partial charge in [0.2, 0.25) is 0 Å². The third-order valence-electron chi connectivity index (χ3n) is 8.87. The number of nitrogens with one attached hydrogen (secondary N) is 3. The van der Waals surface area contributed by atoms with E-state index in [0.29, 0.717) is 22.2 Å². The Hall–Kier alpha value is -3.95. The lowest BCUT2D eigenvalue weighted by molar-refractivity contribution is -0.140. The highest BCUT2D eigenvalue weighted by molar-refractivity contribution is 5.95. The molecule has 248 valence electrons. The average Bonchev–Trinajstić information content (AvgIpc) is 3.40. The molecule has 8 nitrogen and oxygen atoms in total. The fraction of sp³-hybridized carbons (Fsp3) is 0.500. The van der Waals surface area contributed by atoms with Gasteiger partial charge in [0.05, 0.1) is 36.7 Å². The number of ether oxygens (including phenoxy) is 2. The van der Waals surface area contributed by atoms with E-state index in [2.05, 4.69) is 39.6 Å². The maximum absolute atomic E-state index is 13.7. The van der Waals surface area contributed by atoms with Gasteiger partial charge in [-0.1, -0.05) is 12.0 Å². The van der Waals surface area contributed by atoms with Gasteiger partial charge in [0, 0.05) is 48.4 Å². The number of hydrogen-bond acceptors (Lipinski definition) is 6. The molecule has 0 bridgehead atoms. The van der Waals surface area contributed by atoms with Crippen molar-refractivity contribution in [3.8, 4) is 17.6 Å². The number of halogens is 4. The molecular formula is C34H41F4N5O3. The summed E-state index contributed by atoms with van der Waals surface area (Å²) in [6, 6.07) is 12.0. The Bertz CT molecular complexity index is 1560. The van der Waals surface area contributed by atoms with Crippen LogP contribution in [-0.2, 0) is 11.3 Å². The summed E-state index contributed by atoms with van der Waals surface area (Å²) in [5, 5.41) is 9.91. The normalized spacial score (nSPS) is 20.5. The van der Waals surface area contributed by atoms with E-state index in [1.54, 1.807) is 30.3 Å². The van der Waals surface area contributed by atoms with Gasteiger partial charge in [-0.15, -0.1) is 0 Å². The minimum absolute atomic E-state index is 0.0773. The maximum atomic E-state index is 13.7. The number of aromatic nitrogens is 1. The van der Waals surface area contributed by atoms with Crippen LogP contribution in [0.15, 0.2) is 42.5 Å². The van der Waals surface area contributed by atoms with Crippen LogP contribution in [0.2, 0.25) is 0 Å². The minimum atomic E-state index is -4.44. The van der Waals surface area contributed by atoms with Crippen molar-refractivity contribution in [3.63, 3.8) is 0 Å². The molecule has 0 spiro atoms. The minimum Gasteiger partial charge on any atom is -0.489 e. The second-order valence-electron chi connectivity index (χ2n) is 12.0. The smallest absolute Gasteiger partial charge is 0.406 e.